The minimum Gasteiger partial charge on any atom is -0.384 e. The van der Waals surface area contributed by atoms with Gasteiger partial charge in [-0.1, -0.05) is 13.8 Å². The molecule has 0 saturated carbocycles. The van der Waals surface area contributed by atoms with Crippen LogP contribution in [0.25, 0.3) is 0 Å². The standard InChI is InChI=1S/C12H19N3O/c1-9(2)11-4-13-5-12(14-11)15-6-10(7-15)8-16-3/h4-5,9-10H,6-8H2,1-3H3. The summed E-state index contributed by atoms with van der Waals surface area (Å²) in [6.45, 7) is 7.18. The van der Waals surface area contributed by atoms with Gasteiger partial charge in [-0.15, -0.1) is 0 Å². The van der Waals surface area contributed by atoms with Gasteiger partial charge in [-0.2, -0.15) is 0 Å². The maximum absolute atomic E-state index is 5.13. The summed E-state index contributed by atoms with van der Waals surface area (Å²) in [6.07, 6.45) is 3.69. The minimum atomic E-state index is 0.434. The molecule has 88 valence electrons. The van der Waals surface area contributed by atoms with Crippen LogP contribution in [0.4, 0.5) is 5.82 Å². The molecule has 0 spiro atoms. The molecule has 4 heteroatoms. The van der Waals surface area contributed by atoms with E-state index in [1.165, 1.54) is 0 Å². The summed E-state index contributed by atoms with van der Waals surface area (Å²) in [7, 11) is 1.75. The van der Waals surface area contributed by atoms with Crippen LogP contribution in [0.5, 0.6) is 0 Å². The molecule has 0 aromatic carbocycles. The van der Waals surface area contributed by atoms with Gasteiger partial charge < -0.3 is 9.64 Å². The molecule has 1 aliphatic rings. The van der Waals surface area contributed by atoms with Gasteiger partial charge in [0.25, 0.3) is 0 Å². The molecule has 0 radical (unpaired) electrons. The average Bonchev–Trinajstić information content (AvgIpc) is 2.23. The highest BCUT2D eigenvalue weighted by atomic mass is 16.5. The average molecular weight is 221 g/mol. The quantitative estimate of drug-likeness (QED) is 0.775. The first-order chi connectivity index (χ1) is 7.70. The van der Waals surface area contributed by atoms with E-state index in [1.807, 2.05) is 12.4 Å². The summed E-state index contributed by atoms with van der Waals surface area (Å²) in [6, 6.07) is 0. The third kappa shape index (κ3) is 2.32. The van der Waals surface area contributed by atoms with Gasteiger partial charge in [-0.05, 0) is 5.92 Å². The van der Waals surface area contributed by atoms with E-state index in [4.69, 9.17) is 4.74 Å². The Morgan fingerprint density at radius 2 is 2.19 bits per heavy atom. The Morgan fingerprint density at radius 1 is 1.44 bits per heavy atom. The van der Waals surface area contributed by atoms with Crippen molar-refractivity contribution in [2.45, 2.75) is 19.8 Å². The van der Waals surface area contributed by atoms with E-state index in [0.29, 0.717) is 11.8 Å². The highest BCUT2D eigenvalue weighted by Crippen LogP contribution is 2.23. The Balaban J connectivity index is 1.98. The molecule has 0 atom stereocenters. The Hall–Kier alpha value is -1.16. The van der Waals surface area contributed by atoms with Gasteiger partial charge in [0.05, 0.1) is 18.5 Å². The fourth-order valence-electron chi connectivity index (χ4n) is 1.90. The lowest BCUT2D eigenvalue weighted by atomic mass is 10.0. The predicted octanol–water partition coefficient (Wildman–Crippen LogP) is 1.68. The summed E-state index contributed by atoms with van der Waals surface area (Å²) in [5.74, 6) is 2.08. The van der Waals surface area contributed by atoms with Crippen molar-refractivity contribution in [2.75, 3.05) is 31.7 Å². The summed E-state index contributed by atoms with van der Waals surface area (Å²) in [5, 5.41) is 0. The number of rotatable bonds is 4. The van der Waals surface area contributed by atoms with E-state index in [0.717, 1.165) is 31.2 Å². The third-order valence-electron chi connectivity index (χ3n) is 2.92. The van der Waals surface area contributed by atoms with Crippen LogP contribution >= 0.6 is 0 Å². The van der Waals surface area contributed by atoms with Gasteiger partial charge in [-0.25, -0.2) is 4.98 Å². The molecule has 0 bridgehead atoms. The first-order valence-electron chi connectivity index (χ1n) is 5.76. The molecular weight excluding hydrogens is 202 g/mol. The lowest BCUT2D eigenvalue weighted by Gasteiger charge is -2.39. The van der Waals surface area contributed by atoms with Crippen molar-refractivity contribution < 1.29 is 4.74 Å². The normalized spacial score (nSPS) is 16.6. The summed E-state index contributed by atoms with van der Waals surface area (Å²) >= 11 is 0. The molecule has 4 nitrogen and oxygen atoms in total. The van der Waals surface area contributed by atoms with Crippen LogP contribution in [0, 0.1) is 5.92 Å². The van der Waals surface area contributed by atoms with Gasteiger partial charge in [0.1, 0.15) is 5.82 Å². The van der Waals surface area contributed by atoms with Crippen LogP contribution in [-0.2, 0) is 4.74 Å². The van der Waals surface area contributed by atoms with E-state index in [2.05, 4.69) is 28.7 Å². The second-order valence-electron chi connectivity index (χ2n) is 4.68. The zero-order chi connectivity index (χ0) is 11.5. The first-order valence-corrected chi connectivity index (χ1v) is 5.76. The number of aromatic nitrogens is 2. The second-order valence-corrected chi connectivity index (χ2v) is 4.68. The molecular formula is C12H19N3O. The SMILES string of the molecule is COCC1CN(c2cncc(C(C)C)n2)C1. The van der Waals surface area contributed by atoms with E-state index in [-0.39, 0.29) is 0 Å². The zero-order valence-corrected chi connectivity index (χ0v) is 10.2. The van der Waals surface area contributed by atoms with Gasteiger partial charge in [-0.3, -0.25) is 4.98 Å². The van der Waals surface area contributed by atoms with Gasteiger partial charge >= 0.3 is 0 Å². The van der Waals surface area contributed by atoms with Crippen molar-refractivity contribution in [3.05, 3.63) is 18.1 Å². The Morgan fingerprint density at radius 3 is 2.81 bits per heavy atom. The molecule has 1 fully saturated rings. The minimum absolute atomic E-state index is 0.434. The van der Waals surface area contributed by atoms with Crippen LogP contribution in [0.1, 0.15) is 25.5 Å². The number of nitrogens with zero attached hydrogens (tertiary/aromatic N) is 3. The maximum atomic E-state index is 5.13. The van der Waals surface area contributed by atoms with Crippen molar-refractivity contribution in [3.63, 3.8) is 0 Å². The topological polar surface area (TPSA) is 38.2 Å². The molecule has 0 unspecified atom stereocenters. The molecule has 2 heterocycles. The lowest BCUT2D eigenvalue weighted by Crippen LogP contribution is -2.49. The molecule has 2 rings (SSSR count). The monoisotopic (exact) mass is 221 g/mol. The number of ether oxygens (including phenoxy) is 1. The van der Waals surface area contributed by atoms with Crippen LogP contribution < -0.4 is 4.90 Å². The predicted molar refractivity (Wildman–Crippen MR) is 63.7 cm³/mol. The fraction of sp³-hybridized carbons (Fsp3) is 0.667. The maximum Gasteiger partial charge on any atom is 0.147 e. The first kappa shape index (κ1) is 11.3. The molecule has 0 N–H and O–H groups in total. The van der Waals surface area contributed by atoms with Gasteiger partial charge in [0.2, 0.25) is 0 Å². The molecule has 1 aromatic rings. The van der Waals surface area contributed by atoms with E-state index < -0.39 is 0 Å². The number of hydrogen-bond acceptors (Lipinski definition) is 4. The number of methoxy groups -OCH3 is 1. The summed E-state index contributed by atoms with van der Waals surface area (Å²) in [5.41, 5.74) is 1.06. The van der Waals surface area contributed by atoms with Crippen LogP contribution in [0.2, 0.25) is 0 Å². The number of hydrogen-bond donors (Lipinski definition) is 0. The third-order valence-corrected chi connectivity index (χ3v) is 2.92. The van der Waals surface area contributed by atoms with E-state index in [9.17, 15) is 0 Å². The zero-order valence-electron chi connectivity index (χ0n) is 10.2. The summed E-state index contributed by atoms with van der Waals surface area (Å²) in [4.78, 5) is 11.1. The van der Waals surface area contributed by atoms with Crippen LogP contribution in [0.3, 0.4) is 0 Å². The lowest BCUT2D eigenvalue weighted by molar-refractivity contribution is 0.137. The Kier molecular flexibility index (Phi) is 3.39. The van der Waals surface area contributed by atoms with Crippen LogP contribution in [0.15, 0.2) is 12.4 Å². The smallest absolute Gasteiger partial charge is 0.147 e. The highest BCUT2D eigenvalue weighted by molar-refractivity contribution is 5.40. The molecule has 0 amide bonds. The highest BCUT2D eigenvalue weighted by Gasteiger charge is 2.27. The molecule has 0 aliphatic carbocycles. The van der Waals surface area contributed by atoms with Crippen LogP contribution in [-0.4, -0.2) is 36.8 Å². The summed E-state index contributed by atoms with van der Waals surface area (Å²) < 4.78 is 5.13. The largest absolute Gasteiger partial charge is 0.384 e. The molecule has 16 heavy (non-hydrogen) atoms. The van der Waals surface area contributed by atoms with Crippen molar-refractivity contribution in [2.24, 2.45) is 5.92 Å². The van der Waals surface area contributed by atoms with Gasteiger partial charge in [0, 0.05) is 32.3 Å². The van der Waals surface area contributed by atoms with E-state index >= 15 is 0 Å². The van der Waals surface area contributed by atoms with Gasteiger partial charge in [0.15, 0.2) is 0 Å². The van der Waals surface area contributed by atoms with Crippen molar-refractivity contribution >= 4 is 5.82 Å². The van der Waals surface area contributed by atoms with Crippen molar-refractivity contribution in [1.82, 2.24) is 9.97 Å². The molecule has 1 aromatic heterocycles. The Bertz CT molecular complexity index is 348. The number of anilines is 1. The van der Waals surface area contributed by atoms with E-state index in [1.54, 1.807) is 7.11 Å². The van der Waals surface area contributed by atoms with Crippen molar-refractivity contribution in [3.8, 4) is 0 Å². The fourth-order valence-corrected chi connectivity index (χ4v) is 1.90. The second kappa shape index (κ2) is 4.78. The molecule has 1 saturated heterocycles. The van der Waals surface area contributed by atoms with Crippen molar-refractivity contribution in [1.29, 1.82) is 0 Å². The Labute approximate surface area is 96.7 Å². The molecule has 1 aliphatic heterocycles.